The number of alkyl halides is 6. The Kier molecular flexibility index (Phi) is 7.96. The van der Waals surface area contributed by atoms with Crippen LogP contribution in [0.25, 0.3) is 22.4 Å². The Labute approximate surface area is 231 Å². The second-order valence-corrected chi connectivity index (χ2v) is 9.44. The van der Waals surface area contributed by atoms with Gasteiger partial charge in [-0.15, -0.1) is 0 Å². The van der Waals surface area contributed by atoms with Crippen molar-refractivity contribution in [2.45, 2.75) is 18.4 Å². The fourth-order valence-corrected chi connectivity index (χ4v) is 4.29. The maximum Gasteiger partial charge on any atom is 0.416 e. The summed E-state index contributed by atoms with van der Waals surface area (Å²) in [5.74, 6) is -1.50. The first-order valence-corrected chi connectivity index (χ1v) is 12.2. The zero-order valence-corrected chi connectivity index (χ0v) is 22.0. The topological polar surface area (TPSA) is 67.2 Å². The standard InChI is InChI=1S/C29H24F6N4O2/c1-38(2)27(41)25(19-5-4-6-21(15-19)29(33,34)35)37-26(40)23-16-18(24-13-14-36-39(24)3)9-12-22(23)17-7-10-20(11-8-17)28(30,31)32/h4-16,25H,1-3H3,(H,37,40). The number of nitrogens with zero attached hydrogens (tertiary/aromatic N) is 3. The van der Waals surface area contributed by atoms with E-state index in [1.54, 1.807) is 29.9 Å². The molecule has 1 atom stereocenters. The van der Waals surface area contributed by atoms with E-state index in [0.29, 0.717) is 11.3 Å². The number of benzene rings is 3. The number of hydrogen-bond acceptors (Lipinski definition) is 3. The highest BCUT2D eigenvalue weighted by Crippen LogP contribution is 2.34. The maximum absolute atomic E-state index is 13.8. The van der Waals surface area contributed by atoms with Gasteiger partial charge in [-0.3, -0.25) is 14.3 Å². The van der Waals surface area contributed by atoms with Gasteiger partial charge < -0.3 is 10.2 Å². The zero-order chi connectivity index (χ0) is 30.1. The van der Waals surface area contributed by atoms with Crippen LogP contribution in [0.15, 0.2) is 79.0 Å². The summed E-state index contributed by atoms with van der Waals surface area (Å²) in [4.78, 5) is 28.0. The number of likely N-dealkylation sites (N-methyl/N-ethyl adjacent to an activating group) is 1. The highest BCUT2D eigenvalue weighted by atomic mass is 19.4. The van der Waals surface area contributed by atoms with E-state index in [2.05, 4.69) is 10.4 Å². The third kappa shape index (κ3) is 6.42. The lowest BCUT2D eigenvalue weighted by Crippen LogP contribution is -2.40. The largest absolute Gasteiger partial charge is 0.416 e. The molecule has 0 aliphatic rings. The van der Waals surface area contributed by atoms with Gasteiger partial charge >= 0.3 is 12.4 Å². The first kappa shape index (κ1) is 29.4. The molecule has 1 heterocycles. The molecule has 1 aromatic heterocycles. The number of amides is 2. The first-order chi connectivity index (χ1) is 19.2. The Balaban J connectivity index is 1.81. The molecular weight excluding hydrogens is 550 g/mol. The van der Waals surface area contributed by atoms with E-state index < -0.39 is 41.3 Å². The van der Waals surface area contributed by atoms with Gasteiger partial charge in [0.25, 0.3) is 5.91 Å². The number of carbonyl (C=O) groups excluding carboxylic acids is 2. The molecule has 0 aliphatic carbocycles. The van der Waals surface area contributed by atoms with Crippen molar-refractivity contribution in [3.63, 3.8) is 0 Å². The quantitative estimate of drug-likeness (QED) is 0.273. The Hall–Kier alpha value is -4.61. The number of nitrogens with one attached hydrogen (secondary N) is 1. The first-order valence-electron chi connectivity index (χ1n) is 12.2. The van der Waals surface area contributed by atoms with E-state index in [0.717, 1.165) is 35.2 Å². The summed E-state index contributed by atoms with van der Waals surface area (Å²) in [5, 5.41) is 6.65. The molecule has 4 rings (SSSR count). The van der Waals surface area contributed by atoms with Gasteiger partial charge in [-0.2, -0.15) is 31.4 Å². The molecule has 214 valence electrons. The minimum absolute atomic E-state index is 0.00742. The van der Waals surface area contributed by atoms with Gasteiger partial charge in [-0.25, -0.2) is 0 Å². The molecule has 1 N–H and O–H groups in total. The average molecular weight is 575 g/mol. The van der Waals surface area contributed by atoms with Gasteiger partial charge in [-0.05, 0) is 53.1 Å². The van der Waals surface area contributed by atoms with E-state index in [1.165, 1.54) is 44.6 Å². The van der Waals surface area contributed by atoms with Gasteiger partial charge in [0.1, 0.15) is 6.04 Å². The van der Waals surface area contributed by atoms with Crippen LogP contribution in [0.2, 0.25) is 0 Å². The summed E-state index contributed by atoms with van der Waals surface area (Å²) in [7, 11) is 4.47. The molecule has 3 aromatic carbocycles. The molecule has 6 nitrogen and oxygen atoms in total. The van der Waals surface area contributed by atoms with Crippen LogP contribution < -0.4 is 5.32 Å². The van der Waals surface area contributed by atoms with E-state index in [9.17, 15) is 35.9 Å². The molecule has 0 saturated carbocycles. The second kappa shape index (κ2) is 11.1. The van der Waals surface area contributed by atoms with Crippen LogP contribution in [-0.4, -0.2) is 40.6 Å². The smallest absolute Gasteiger partial charge is 0.347 e. The van der Waals surface area contributed by atoms with E-state index in [-0.39, 0.29) is 22.3 Å². The molecule has 0 fully saturated rings. The number of halogens is 6. The van der Waals surface area contributed by atoms with Crippen molar-refractivity contribution in [3.8, 4) is 22.4 Å². The molecule has 41 heavy (non-hydrogen) atoms. The van der Waals surface area contributed by atoms with Gasteiger partial charge in [0, 0.05) is 38.5 Å². The van der Waals surface area contributed by atoms with Crippen molar-refractivity contribution >= 4 is 11.8 Å². The maximum atomic E-state index is 13.8. The van der Waals surface area contributed by atoms with Crippen molar-refractivity contribution < 1.29 is 35.9 Å². The third-order valence-electron chi connectivity index (χ3n) is 6.41. The number of aryl methyl sites for hydroxylation is 1. The number of carbonyl (C=O) groups is 2. The van der Waals surface area contributed by atoms with Crippen LogP contribution >= 0.6 is 0 Å². The number of aromatic nitrogens is 2. The third-order valence-corrected chi connectivity index (χ3v) is 6.41. The highest BCUT2D eigenvalue weighted by molar-refractivity contribution is 6.04. The summed E-state index contributed by atoms with van der Waals surface area (Å²) in [6, 6.07) is 13.2. The molecule has 0 spiro atoms. The van der Waals surface area contributed by atoms with Crippen LogP contribution in [0.5, 0.6) is 0 Å². The fourth-order valence-electron chi connectivity index (χ4n) is 4.29. The molecule has 0 bridgehead atoms. The van der Waals surface area contributed by atoms with Crippen molar-refractivity contribution in [2.75, 3.05) is 14.1 Å². The van der Waals surface area contributed by atoms with Crippen LogP contribution in [-0.2, 0) is 24.2 Å². The molecule has 1 unspecified atom stereocenters. The molecule has 0 saturated heterocycles. The minimum Gasteiger partial charge on any atom is -0.347 e. The average Bonchev–Trinajstić information content (AvgIpc) is 3.35. The van der Waals surface area contributed by atoms with Crippen molar-refractivity contribution in [1.29, 1.82) is 0 Å². The van der Waals surface area contributed by atoms with Crippen LogP contribution in [0.1, 0.15) is 33.1 Å². The van der Waals surface area contributed by atoms with Gasteiger partial charge in [0.05, 0.1) is 16.8 Å². The normalized spacial score (nSPS) is 12.6. The lowest BCUT2D eigenvalue weighted by molar-refractivity contribution is -0.138. The van der Waals surface area contributed by atoms with Crippen LogP contribution in [0, 0.1) is 0 Å². The van der Waals surface area contributed by atoms with Gasteiger partial charge in [0.2, 0.25) is 5.91 Å². The Morgan fingerprint density at radius 2 is 1.46 bits per heavy atom. The van der Waals surface area contributed by atoms with Gasteiger partial charge in [0.15, 0.2) is 0 Å². The molecule has 4 aromatic rings. The van der Waals surface area contributed by atoms with E-state index in [4.69, 9.17) is 0 Å². The molecule has 2 amide bonds. The molecular formula is C29H24F6N4O2. The predicted octanol–water partition coefficient (Wildman–Crippen LogP) is 6.35. The van der Waals surface area contributed by atoms with Crippen LogP contribution in [0.4, 0.5) is 26.3 Å². The SMILES string of the molecule is CN(C)C(=O)C(NC(=O)c1cc(-c2ccnn2C)ccc1-c1ccc(C(F)(F)F)cc1)c1cccc(C(F)(F)F)c1. The summed E-state index contributed by atoms with van der Waals surface area (Å²) in [6.07, 6.45) is -7.70. The second-order valence-electron chi connectivity index (χ2n) is 9.44. The summed E-state index contributed by atoms with van der Waals surface area (Å²) >= 11 is 0. The molecule has 12 heteroatoms. The summed E-state index contributed by atoms with van der Waals surface area (Å²) in [6.45, 7) is 0. The fraction of sp³-hybridized carbons (Fsp3) is 0.207. The van der Waals surface area contributed by atoms with E-state index in [1.807, 2.05) is 0 Å². The lowest BCUT2D eigenvalue weighted by Gasteiger charge is -2.24. The summed E-state index contributed by atoms with van der Waals surface area (Å²) < 4.78 is 81.2. The lowest BCUT2D eigenvalue weighted by atomic mass is 9.94. The monoisotopic (exact) mass is 574 g/mol. The Morgan fingerprint density at radius 1 is 0.829 bits per heavy atom. The van der Waals surface area contributed by atoms with Crippen molar-refractivity contribution in [1.82, 2.24) is 20.0 Å². The Bertz CT molecular complexity index is 1570. The van der Waals surface area contributed by atoms with E-state index >= 15 is 0 Å². The number of hydrogen-bond donors (Lipinski definition) is 1. The van der Waals surface area contributed by atoms with Crippen molar-refractivity contribution in [3.05, 3.63) is 101 Å². The minimum atomic E-state index is -4.68. The predicted molar refractivity (Wildman–Crippen MR) is 139 cm³/mol. The summed E-state index contributed by atoms with van der Waals surface area (Å²) in [5.41, 5.74) is -0.268. The highest BCUT2D eigenvalue weighted by Gasteiger charge is 2.33. The zero-order valence-electron chi connectivity index (χ0n) is 22.0. The Morgan fingerprint density at radius 3 is 2.02 bits per heavy atom. The molecule has 0 radical (unpaired) electrons. The number of rotatable bonds is 6. The van der Waals surface area contributed by atoms with Crippen molar-refractivity contribution in [2.24, 2.45) is 7.05 Å². The van der Waals surface area contributed by atoms with Crippen LogP contribution in [0.3, 0.4) is 0 Å². The molecule has 0 aliphatic heterocycles. The van der Waals surface area contributed by atoms with Gasteiger partial charge in [-0.1, -0.05) is 36.4 Å².